The third-order valence-electron chi connectivity index (χ3n) is 5.59. The van der Waals surface area contributed by atoms with Gasteiger partial charge in [-0.25, -0.2) is 4.79 Å². The highest BCUT2D eigenvalue weighted by molar-refractivity contribution is 6.01. The molecule has 5 heteroatoms. The zero-order chi connectivity index (χ0) is 20.3. The van der Waals surface area contributed by atoms with E-state index in [9.17, 15) is 9.59 Å². The minimum atomic E-state index is -0.458. The van der Waals surface area contributed by atoms with Gasteiger partial charge in [0.25, 0.3) is 0 Å². The first-order chi connectivity index (χ1) is 14.1. The molecule has 1 spiro atoms. The van der Waals surface area contributed by atoms with Crippen molar-refractivity contribution in [2.45, 2.75) is 31.4 Å². The van der Waals surface area contributed by atoms with Gasteiger partial charge in [-0.2, -0.15) is 0 Å². The predicted octanol–water partition coefficient (Wildman–Crippen LogP) is 3.87. The number of carbonyl (C=O) groups excluding carboxylic acids is 2. The van der Waals surface area contributed by atoms with E-state index in [0.717, 1.165) is 38.0 Å². The summed E-state index contributed by atoms with van der Waals surface area (Å²) in [6, 6.07) is 15.9. The fourth-order valence-corrected chi connectivity index (χ4v) is 4.24. The first-order valence-electron chi connectivity index (χ1n) is 9.95. The summed E-state index contributed by atoms with van der Waals surface area (Å²) in [5.41, 5.74) is 2.17. The lowest BCUT2D eigenvalue weighted by Crippen LogP contribution is -2.54. The molecule has 2 aromatic rings. The molecule has 1 saturated heterocycles. The van der Waals surface area contributed by atoms with Crippen LogP contribution in [-0.4, -0.2) is 42.5 Å². The average Bonchev–Trinajstić information content (AvgIpc) is 2.73. The number of ketones is 1. The minimum Gasteiger partial charge on any atom is -0.485 e. The van der Waals surface area contributed by atoms with Crippen molar-refractivity contribution in [1.82, 2.24) is 4.90 Å². The molecule has 1 atom stereocenters. The quantitative estimate of drug-likeness (QED) is 0.585. The number of ether oxygens (including phenoxy) is 2. The Morgan fingerprint density at radius 2 is 2.07 bits per heavy atom. The molecule has 2 aliphatic heterocycles. The summed E-state index contributed by atoms with van der Waals surface area (Å²) in [7, 11) is 1.33. The van der Waals surface area contributed by atoms with Gasteiger partial charge in [-0.05, 0) is 48.7 Å². The minimum absolute atomic E-state index is 0.0983. The molecule has 2 aliphatic rings. The maximum atomic E-state index is 13.0. The van der Waals surface area contributed by atoms with Crippen molar-refractivity contribution in [3.8, 4) is 5.75 Å². The summed E-state index contributed by atoms with van der Waals surface area (Å²) in [5.74, 6) is 0.309. The standard InChI is InChI=1S/C24H25NO4/c1-28-23(27)11-9-18-8-10-22-20(14-18)21(26)15-24(29-22)12-5-13-25(17-24)16-19-6-3-2-4-7-19/h2-4,6-11,14H,5,12-13,15-17H2,1H3/b11-9+. The number of hydrogen-bond acceptors (Lipinski definition) is 5. The number of carbonyl (C=O) groups is 2. The van der Waals surface area contributed by atoms with E-state index in [1.807, 2.05) is 18.2 Å². The lowest BCUT2D eigenvalue weighted by atomic mass is 9.83. The van der Waals surface area contributed by atoms with Gasteiger partial charge < -0.3 is 9.47 Å². The Morgan fingerprint density at radius 3 is 2.86 bits per heavy atom. The van der Waals surface area contributed by atoms with Crippen LogP contribution in [0.1, 0.15) is 40.7 Å². The number of hydrogen-bond donors (Lipinski definition) is 0. The van der Waals surface area contributed by atoms with Crippen LogP contribution in [0.2, 0.25) is 0 Å². The van der Waals surface area contributed by atoms with Crippen LogP contribution in [0, 0.1) is 0 Å². The fourth-order valence-electron chi connectivity index (χ4n) is 4.24. The first-order valence-corrected chi connectivity index (χ1v) is 9.95. The lowest BCUT2D eigenvalue weighted by Gasteiger charge is -2.45. The van der Waals surface area contributed by atoms with E-state index in [4.69, 9.17) is 4.74 Å². The molecule has 0 aromatic heterocycles. The Labute approximate surface area is 170 Å². The van der Waals surface area contributed by atoms with Crippen molar-refractivity contribution in [1.29, 1.82) is 0 Å². The number of rotatable bonds is 4. The number of piperidine rings is 1. The van der Waals surface area contributed by atoms with Gasteiger partial charge in [0.15, 0.2) is 5.78 Å². The molecule has 2 aromatic carbocycles. The second kappa shape index (κ2) is 8.21. The largest absolute Gasteiger partial charge is 0.485 e. The predicted molar refractivity (Wildman–Crippen MR) is 111 cm³/mol. The molecule has 5 nitrogen and oxygen atoms in total. The van der Waals surface area contributed by atoms with Crippen molar-refractivity contribution >= 4 is 17.8 Å². The van der Waals surface area contributed by atoms with E-state index < -0.39 is 11.6 Å². The summed E-state index contributed by atoms with van der Waals surface area (Å²) in [5, 5.41) is 0. The number of esters is 1. The molecule has 1 fully saturated rings. The highest BCUT2D eigenvalue weighted by Crippen LogP contribution is 2.39. The van der Waals surface area contributed by atoms with Crippen LogP contribution < -0.4 is 4.74 Å². The van der Waals surface area contributed by atoms with E-state index in [0.29, 0.717) is 17.7 Å². The van der Waals surface area contributed by atoms with Gasteiger partial charge in [-0.1, -0.05) is 36.4 Å². The summed E-state index contributed by atoms with van der Waals surface area (Å²) < 4.78 is 11.0. The summed E-state index contributed by atoms with van der Waals surface area (Å²) >= 11 is 0. The van der Waals surface area contributed by atoms with Gasteiger partial charge in [-0.3, -0.25) is 9.69 Å². The van der Waals surface area contributed by atoms with Gasteiger partial charge in [0, 0.05) is 19.2 Å². The van der Waals surface area contributed by atoms with Gasteiger partial charge >= 0.3 is 5.97 Å². The highest BCUT2D eigenvalue weighted by Gasteiger charge is 2.43. The van der Waals surface area contributed by atoms with E-state index in [1.165, 1.54) is 18.7 Å². The van der Waals surface area contributed by atoms with E-state index in [1.54, 1.807) is 12.1 Å². The Morgan fingerprint density at radius 1 is 1.24 bits per heavy atom. The number of benzene rings is 2. The van der Waals surface area contributed by atoms with Crippen LogP contribution in [0.5, 0.6) is 5.75 Å². The normalized spacial score (nSPS) is 21.8. The van der Waals surface area contributed by atoms with Crippen molar-refractivity contribution in [3.63, 3.8) is 0 Å². The summed E-state index contributed by atoms with van der Waals surface area (Å²) in [6.07, 6.45) is 5.27. The summed E-state index contributed by atoms with van der Waals surface area (Å²) in [6.45, 7) is 2.62. The second-order valence-electron chi connectivity index (χ2n) is 7.80. The number of likely N-dealkylation sites (tertiary alicyclic amines) is 1. The van der Waals surface area contributed by atoms with E-state index in [-0.39, 0.29) is 5.78 Å². The van der Waals surface area contributed by atoms with Crippen molar-refractivity contribution in [2.24, 2.45) is 0 Å². The van der Waals surface area contributed by atoms with Gasteiger partial charge in [0.1, 0.15) is 11.4 Å². The molecule has 0 N–H and O–H groups in total. The van der Waals surface area contributed by atoms with Crippen molar-refractivity contribution < 1.29 is 19.1 Å². The zero-order valence-corrected chi connectivity index (χ0v) is 16.6. The van der Waals surface area contributed by atoms with Gasteiger partial charge in [-0.15, -0.1) is 0 Å². The van der Waals surface area contributed by atoms with Crippen LogP contribution in [-0.2, 0) is 16.1 Å². The number of Topliss-reactive ketones (excluding diaryl/α,β-unsaturated/α-hetero) is 1. The molecule has 2 heterocycles. The lowest BCUT2D eigenvalue weighted by molar-refractivity contribution is -0.134. The molecular formula is C24H25NO4. The fraction of sp³-hybridized carbons (Fsp3) is 0.333. The Kier molecular flexibility index (Phi) is 5.49. The topological polar surface area (TPSA) is 55.8 Å². The van der Waals surface area contributed by atoms with Crippen LogP contribution in [0.15, 0.2) is 54.6 Å². The Hall–Kier alpha value is -2.92. The molecule has 1 unspecified atom stereocenters. The number of methoxy groups -OCH3 is 1. The number of nitrogens with zero attached hydrogens (tertiary/aromatic N) is 1. The zero-order valence-electron chi connectivity index (χ0n) is 16.6. The highest BCUT2D eigenvalue weighted by atomic mass is 16.5. The average molecular weight is 391 g/mol. The molecule has 29 heavy (non-hydrogen) atoms. The molecule has 0 bridgehead atoms. The van der Waals surface area contributed by atoms with Crippen molar-refractivity contribution in [3.05, 3.63) is 71.3 Å². The molecule has 4 rings (SSSR count). The Balaban J connectivity index is 1.51. The first kappa shape index (κ1) is 19.4. The van der Waals surface area contributed by atoms with Crippen molar-refractivity contribution in [2.75, 3.05) is 20.2 Å². The summed E-state index contributed by atoms with van der Waals surface area (Å²) in [4.78, 5) is 26.6. The smallest absolute Gasteiger partial charge is 0.330 e. The van der Waals surface area contributed by atoms with Gasteiger partial charge in [0.05, 0.1) is 19.1 Å². The molecular weight excluding hydrogens is 366 g/mol. The van der Waals surface area contributed by atoms with Crippen LogP contribution in [0.3, 0.4) is 0 Å². The molecule has 0 aliphatic carbocycles. The van der Waals surface area contributed by atoms with Crippen LogP contribution in [0.25, 0.3) is 6.08 Å². The third kappa shape index (κ3) is 4.40. The second-order valence-corrected chi connectivity index (χ2v) is 7.80. The Bertz CT molecular complexity index is 937. The molecule has 150 valence electrons. The maximum Gasteiger partial charge on any atom is 0.330 e. The molecule has 0 radical (unpaired) electrons. The van der Waals surface area contributed by atoms with Crippen LogP contribution in [0.4, 0.5) is 0 Å². The monoisotopic (exact) mass is 391 g/mol. The van der Waals surface area contributed by atoms with E-state index >= 15 is 0 Å². The van der Waals surface area contributed by atoms with Gasteiger partial charge in [0.2, 0.25) is 0 Å². The third-order valence-corrected chi connectivity index (χ3v) is 5.59. The SMILES string of the molecule is COC(=O)/C=C/c1ccc2c(c1)C(=O)CC1(CCCN(Cc3ccccc3)C1)O2. The van der Waals surface area contributed by atoms with E-state index in [2.05, 4.69) is 33.9 Å². The molecule has 0 amide bonds. The number of fused-ring (bicyclic) bond motifs is 1. The molecule has 0 saturated carbocycles. The maximum absolute atomic E-state index is 13.0. The van der Waals surface area contributed by atoms with Crippen LogP contribution >= 0.6 is 0 Å².